The Morgan fingerprint density at radius 2 is 2.18 bits per heavy atom. The summed E-state index contributed by atoms with van der Waals surface area (Å²) in [5.74, 6) is -0.207. The van der Waals surface area contributed by atoms with E-state index in [-0.39, 0.29) is 30.0 Å². The maximum atomic E-state index is 12.2. The lowest BCUT2D eigenvalue weighted by Gasteiger charge is -2.16. The first-order valence-corrected chi connectivity index (χ1v) is 7.44. The molecule has 4 rings (SSSR count). The molecule has 0 aromatic carbocycles. The molecule has 1 aromatic rings. The summed E-state index contributed by atoms with van der Waals surface area (Å²) in [5, 5.41) is 21.8. The SMILES string of the molecule is O=c1[nH]c2c(n1[C@@H]1O[C@H](CO)[C@H]3OS(=O)O[C@H]31)=NCNC=2O. The van der Waals surface area contributed by atoms with Crippen molar-refractivity contribution in [2.24, 2.45) is 4.99 Å². The van der Waals surface area contributed by atoms with Crippen LogP contribution in [0.2, 0.25) is 0 Å². The standard InChI is InChI=1S/C10H12N4O7S/c15-1-3-5-6(21-22(18)20-5)9(19-3)14-7-4(13-10(14)17)8(16)12-2-11-7/h3,5-6,9,12,15-16H,1-2H2,(H,13,17)/t3-,5-,6-,9-,22?/m1/s1. The van der Waals surface area contributed by atoms with E-state index < -0.39 is 41.6 Å². The molecule has 0 radical (unpaired) electrons. The molecule has 0 amide bonds. The van der Waals surface area contributed by atoms with E-state index >= 15 is 0 Å². The van der Waals surface area contributed by atoms with Gasteiger partial charge in [-0.25, -0.2) is 14.4 Å². The number of fused-ring (bicyclic) bond motifs is 2. The quantitative estimate of drug-likeness (QED) is 0.431. The highest BCUT2D eigenvalue weighted by Crippen LogP contribution is 2.37. The summed E-state index contributed by atoms with van der Waals surface area (Å²) in [6, 6.07) is 0. The van der Waals surface area contributed by atoms with Crippen LogP contribution < -0.4 is 21.8 Å². The number of H-pyrrole nitrogens is 1. The molecule has 0 bridgehead atoms. The number of hydrogen-bond donors (Lipinski definition) is 4. The molecule has 1 aromatic heterocycles. The first-order valence-electron chi connectivity index (χ1n) is 6.44. The van der Waals surface area contributed by atoms with Gasteiger partial charge in [-0.2, -0.15) is 4.21 Å². The summed E-state index contributed by atoms with van der Waals surface area (Å²) in [7, 11) is 0. The normalized spacial score (nSPS) is 36.6. The van der Waals surface area contributed by atoms with Crippen LogP contribution in [0.25, 0.3) is 5.88 Å². The van der Waals surface area contributed by atoms with Gasteiger partial charge in [0, 0.05) is 0 Å². The highest BCUT2D eigenvalue weighted by Gasteiger charge is 2.54. The Balaban J connectivity index is 1.86. The molecular weight excluding hydrogens is 320 g/mol. The Morgan fingerprint density at radius 1 is 1.41 bits per heavy atom. The number of aromatic nitrogens is 2. The van der Waals surface area contributed by atoms with Crippen molar-refractivity contribution in [1.82, 2.24) is 14.9 Å². The topological polar surface area (TPSA) is 147 Å². The molecule has 0 spiro atoms. The van der Waals surface area contributed by atoms with Crippen LogP contribution in [-0.2, 0) is 24.5 Å². The third-order valence-corrected chi connectivity index (χ3v) is 4.47. The van der Waals surface area contributed by atoms with Crippen LogP contribution in [0.5, 0.6) is 0 Å². The second kappa shape index (κ2) is 4.89. The number of imidazole rings is 1. The molecule has 12 heteroatoms. The summed E-state index contributed by atoms with van der Waals surface area (Å²) >= 11 is -1.97. The number of nitrogens with one attached hydrogen (secondary N) is 2. The first kappa shape index (κ1) is 13.9. The molecule has 5 atom stereocenters. The van der Waals surface area contributed by atoms with Gasteiger partial charge in [0.25, 0.3) is 0 Å². The third kappa shape index (κ3) is 1.85. The summed E-state index contributed by atoms with van der Waals surface area (Å²) in [6.07, 6.45) is -3.34. The average Bonchev–Trinajstić information content (AvgIpc) is 3.11. The zero-order valence-corrected chi connectivity index (χ0v) is 11.8. The van der Waals surface area contributed by atoms with Gasteiger partial charge in [0.1, 0.15) is 24.2 Å². The lowest BCUT2D eigenvalue weighted by molar-refractivity contribution is -0.0571. The fourth-order valence-electron chi connectivity index (χ4n) is 2.76. The largest absolute Gasteiger partial charge is 0.493 e. The fourth-order valence-corrected chi connectivity index (χ4v) is 3.61. The van der Waals surface area contributed by atoms with Gasteiger partial charge in [0.05, 0.1) is 6.61 Å². The molecule has 3 aliphatic heterocycles. The van der Waals surface area contributed by atoms with Gasteiger partial charge >= 0.3 is 17.1 Å². The number of nitrogens with zero attached hydrogens (tertiary/aromatic N) is 2. The highest BCUT2D eigenvalue weighted by molar-refractivity contribution is 7.75. The van der Waals surface area contributed by atoms with Gasteiger partial charge in [-0.1, -0.05) is 0 Å². The van der Waals surface area contributed by atoms with Crippen LogP contribution >= 0.6 is 0 Å². The molecule has 4 heterocycles. The van der Waals surface area contributed by atoms with Crippen molar-refractivity contribution < 1.29 is 27.5 Å². The van der Waals surface area contributed by atoms with Crippen molar-refractivity contribution in [2.75, 3.05) is 13.3 Å². The van der Waals surface area contributed by atoms with E-state index in [4.69, 9.17) is 13.1 Å². The predicted molar refractivity (Wildman–Crippen MR) is 68.8 cm³/mol. The van der Waals surface area contributed by atoms with Gasteiger partial charge in [0.15, 0.2) is 17.8 Å². The molecule has 120 valence electrons. The number of aliphatic hydroxyl groups excluding tert-OH is 2. The maximum absolute atomic E-state index is 12.2. The maximum Gasteiger partial charge on any atom is 0.330 e. The van der Waals surface area contributed by atoms with Gasteiger partial charge in [0.2, 0.25) is 5.88 Å². The number of hydrogen-bond acceptors (Lipinski definition) is 9. The van der Waals surface area contributed by atoms with Gasteiger partial charge in [-0.15, -0.1) is 0 Å². The minimum atomic E-state index is -1.97. The van der Waals surface area contributed by atoms with Crippen LogP contribution in [0.1, 0.15) is 6.23 Å². The number of rotatable bonds is 2. The van der Waals surface area contributed by atoms with Crippen molar-refractivity contribution in [2.45, 2.75) is 24.5 Å². The lowest BCUT2D eigenvalue weighted by Crippen LogP contribution is -2.44. The van der Waals surface area contributed by atoms with Gasteiger partial charge < -0.3 is 20.3 Å². The number of aromatic amines is 1. The molecule has 0 saturated carbocycles. The summed E-state index contributed by atoms with van der Waals surface area (Å²) < 4.78 is 28.4. The summed E-state index contributed by atoms with van der Waals surface area (Å²) in [5.41, 5.74) is -0.391. The highest BCUT2D eigenvalue weighted by atomic mass is 32.2. The van der Waals surface area contributed by atoms with E-state index in [9.17, 15) is 19.2 Å². The predicted octanol–water partition coefficient (Wildman–Crippen LogP) is -3.77. The lowest BCUT2D eigenvalue weighted by atomic mass is 10.1. The van der Waals surface area contributed by atoms with Crippen LogP contribution in [0.15, 0.2) is 9.79 Å². The Labute approximate surface area is 124 Å². The monoisotopic (exact) mass is 332 g/mol. The van der Waals surface area contributed by atoms with Crippen molar-refractivity contribution >= 4 is 17.2 Å². The van der Waals surface area contributed by atoms with Crippen LogP contribution in [0.4, 0.5) is 0 Å². The molecule has 3 aliphatic rings. The van der Waals surface area contributed by atoms with Crippen molar-refractivity contribution in [3.63, 3.8) is 0 Å². The number of aliphatic hydroxyl groups is 2. The Kier molecular flexibility index (Phi) is 3.09. The Morgan fingerprint density at radius 3 is 2.95 bits per heavy atom. The number of ether oxygens (including phenoxy) is 1. The molecule has 2 saturated heterocycles. The molecule has 4 N–H and O–H groups in total. The van der Waals surface area contributed by atoms with E-state index in [0.29, 0.717) is 0 Å². The van der Waals surface area contributed by atoms with E-state index in [1.54, 1.807) is 0 Å². The van der Waals surface area contributed by atoms with E-state index in [1.165, 1.54) is 0 Å². The molecular formula is C10H12N4O7S. The third-order valence-electron chi connectivity index (χ3n) is 3.71. The minimum Gasteiger partial charge on any atom is -0.493 e. The average molecular weight is 332 g/mol. The van der Waals surface area contributed by atoms with Crippen molar-refractivity contribution in [3.05, 3.63) is 21.3 Å². The zero-order valence-electron chi connectivity index (χ0n) is 11.0. The molecule has 11 nitrogen and oxygen atoms in total. The first-order chi connectivity index (χ1) is 10.6. The molecule has 0 aliphatic carbocycles. The Bertz CT molecular complexity index is 816. The smallest absolute Gasteiger partial charge is 0.330 e. The van der Waals surface area contributed by atoms with Crippen molar-refractivity contribution in [3.8, 4) is 0 Å². The van der Waals surface area contributed by atoms with Crippen molar-refractivity contribution in [1.29, 1.82) is 0 Å². The minimum absolute atomic E-state index is 0.0870. The fraction of sp³-hybridized carbons (Fsp3) is 0.600. The van der Waals surface area contributed by atoms with E-state index in [0.717, 1.165) is 4.57 Å². The molecule has 2 fully saturated rings. The van der Waals surface area contributed by atoms with E-state index in [1.807, 2.05) is 0 Å². The van der Waals surface area contributed by atoms with E-state index in [2.05, 4.69) is 15.3 Å². The zero-order chi connectivity index (χ0) is 15.4. The van der Waals surface area contributed by atoms with Crippen LogP contribution in [0, 0.1) is 0 Å². The Hall–Kier alpha value is -1.73. The van der Waals surface area contributed by atoms with Gasteiger partial charge in [-0.3, -0.25) is 13.4 Å². The summed E-state index contributed by atoms with van der Waals surface area (Å²) in [4.78, 5) is 18.8. The second-order valence-electron chi connectivity index (χ2n) is 4.91. The van der Waals surface area contributed by atoms with Crippen LogP contribution in [0.3, 0.4) is 0 Å². The molecule has 1 unspecified atom stereocenters. The van der Waals surface area contributed by atoms with Gasteiger partial charge in [-0.05, 0) is 0 Å². The second-order valence-corrected chi connectivity index (χ2v) is 5.71. The summed E-state index contributed by atoms with van der Waals surface area (Å²) in [6.45, 7) is -0.292. The van der Waals surface area contributed by atoms with Crippen LogP contribution in [-0.4, -0.2) is 55.6 Å². The molecule has 22 heavy (non-hydrogen) atoms.